The van der Waals surface area contributed by atoms with E-state index in [0.717, 1.165) is 18.7 Å². The van der Waals surface area contributed by atoms with Gasteiger partial charge < -0.3 is 4.90 Å². The summed E-state index contributed by atoms with van der Waals surface area (Å²) in [4.78, 5) is 2.24. The van der Waals surface area contributed by atoms with Gasteiger partial charge >= 0.3 is 0 Å². The fourth-order valence-corrected chi connectivity index (χ4v) is 3.41. The van der Waals surface area contributed by atoms with E-state index in [2.05, 4.69) is 72.9 Å². The highest BCUT2D eigenvalue weighted by Gasteiger charge is 2.17. The molecule has 0 bridgehead atoms. The summed E-state index contributed by atoms with van der Waals surface area (Å²) in [5, 5.41) is 0.462. The van der Waals surface area contributed by atoms with Gasteiger partial charge in [0.25, 0.3) is 0 Å². The molecule has 0 aliphatic carbocycles. The number of hydrogen-bond donors (Lipinski definition) is 0. The third-order valence-electron chi connectivity index (χ3n) is 3.95. The number of allylic oxidation sites excluding steroid dienone is 2. The molecule has 0 rings (SSSR count). The molecule has 0 aromatic heterocycles. The van der Waals surface area contributed by atoms with E-state index >= 15 is 0 Å². The Morgan fingerprint density at radius 1 is 1.05 bits per heavy atom. The lowest BCUT2D eigenvalue weighted by Crippen LogP contribution is -2.26. The predicted octanol–water partition coefficient (Wildman–Crippen LogP) is 5.92. The molecule has 0 aliphatic rings. The minimum absolute atomic E-state index is 0.446. The van der Waals surface area contributed by atoms with Crippen molar-refractivity contribution >= 4 is 11.8 Å². The highest BCUT2D eigenvalue weighted by atomic mass is 32.2. The average Bonchev–Trinajstić information content (AvgIpc) is 2.41. The Balaban J connectivity index is 4.48. The molecule has 0 aliphatic heterocycles. The normalized spacial score (nSPS) is 13.6. The molecule has 0 heterocycles. The molecule has 0 aromatic rings. The molecule has 0 spiro atoms. The third-order valence-corrected chi connectivity index (χ3v) is 5.61. The predicted molar refractivity (Wildman–Crippen MR) is 105 cm³/mol. The second-order valence-corrected chi connectivity index (χ2v) is 8.13. The van der Waals surface area contributed by atoms with Crippen LogP contribution in [-0.4, -0.2) is 29.5 Å². The molecule has 0 saturated carbocycles. The fourth-order valence-electron chi connectivity index (χ4n) is 2.01. The van der Waals surface area contributed by atoms with Crippen molar-refractivity contribution < 1.29 is 0 Å². The zero-order valence-electron chi connectivity index (χ0n) is 15.5. The number of nitrogens with zero attached hydrogens (tertiary/aromatic N) is 1. The van der Waals surface area contributed by atoms with Crippen LogP contribution < -0.4 is 0 Å². The fraction of sp³-hybridized carbons (Fsp3) is 0.600. The second-order valence-electron chi connectivity index (χ2n) is 6.89. The Labute approximate surface area is 143 Å². The van der Waals surface area contributed by atoms with Crippen LogP contribution in [-0.2, 0) is 0 Å². The summed E-state index contributed by atoms with van der Waals surface area (Å²) in [6.07, 6.45) is 1.01. The van der Waals surface area contributed by atoms with Gasteiger partial charge in [0.2, 0.25) is 0 Å². The summed E-state index contributed by atoms with van der Waals surface area (Å²) < 4.78 is 0. The van der Waals surface area contributed by atoms with Crippen molar-refractivity contribution in [2.24, 2.45) is 11.8 Å². The molecule has 2 atom stereocenters. The Hall–Kier alpha value is -0.890. The zero-order valence-corrected chi connectivity index (χ0v) is 16.4. The Morgan fingerprint density at radius 3 is 2.00 bits per heavy atom. The van der Waals surface area contributed by atoms with Crippen LogP contribution in [0.5, 0.6) is 0 Å². The van der Waals surface area contributed by atoms with Crippen molar-refractivity contribution in [2.45, 2.75) is 46.3 Å². The van der Waals surface area contributed by atoms with Gasteiger partial charge in [0.15, 0.2) is 0 Å². The van der Waals surface area contributed by atoms with Gasteiger partial charge in [-0.25, -0.2) is 0 Å². The van der Waals surface area contributed by atoms with Gasteiger partial charge in [-0.05, 0) is 26.2 Å². The van der Waals surface area contributed by atoms with Gasteiger partial charge in [0.1, 0.15) is 0 Å². The molecule has 0 fully saturated rings. The third kappa shape index (κ3) is 7.93. The monoisotopic (exact) mass is 321 g/mol. The average molecular weight is 322 g/mol. The Kier molecular flexibility index (Phi) is 9.59. The minimum atomic E-state index is 0.446. The molecule has 0 radical (unpaired) electrons. The smallest absolute Gasteiger partial charge is 0.0382 e. The largest absolute Gasteiger partial charge is 0.374 e. The van der Waals surface area contributed by atoms with E-state index in [0.29, 0.717) is 17.1 Å². The van der Waals surface area contributed by atoms with Crippen LogP contribution in [0.1, 0.15) is 41.0 Å². The SMILES string of the molecule is C=C(C)CC(SCC(C)C(=C)N(C)CC(=C)C(C)C)C(=C)C. The van der Waals surface area contributed by atoms with E-state index in [4.69, 9.17) is 0 Å². The second kappa shape index (κ2) is 9.99. The maximum absolute atomic E-state index is 4.28. The minimum Gasteiger partial charge on any atom is -0.374 e. The summed E-state index contributed by atoms with van der Waals surface area (Å²) in [5.41, 5.74) is 4.89. The summed E-state index contributed by atoms with van der Waals surface area (Å²) in [6, 6.07) is 0. The molecular weight excluding hydrogens is 286 g/mol. The van der Waals surface area contributed by atoms with Crippen LogP contribution in [0.25, 0.3) is 0 Å². The molecule has 0 aromatic carbocycles. The van der Waals surface area contributed by atoms with Crippen LogP contribution in [0.2, 0.25) is 0 Å². The first-order chi connectivity index (χ1) is 10.1. The molecule has 0 saturated heterocycles. The van der Waals surface area contributed by atoms with E-state index in [1.54, 1.807) is 0 Å². The first-order valence-corrected chi connectivity index (χ1v) is 9.10. The van der Waals surface area contributed by atoms with Gasteiger partial charge in [0.05, 0.1) is 0 Å². The summed E-state index contributed by atoms with van der Waals surface area (Å²) in [7, 11) is 2.11. The van der Waals surface area contributed by atoms with Crippen molar-refractivity contribution in [2.75, 3.05) is 19.3 Å². The van der Waals surface area contributed by atoms with Gasteiger partial charge in [-0.1, -0.05) is 57.2 Å². The number of thioether (sulfide) groups is 1. The Morgan fingerprint density at radius 2 is 1.59 bits per heavy atom. The highest BCUT2D eigenvalue weighted by Crippen LogP contribution is 2.28. The lowest BCUT2D eigenvalue weighted by molar-refractivity contribution is 0.395. The number of likely N-dealkylation sites (N-methyl/N-ethyl adjacent to an activating group) is 1. The van der Waals surface area contributed by atoms with E-state index in [1.165, 1.54) is 22.4 Å². The van der Waals surface area contributed by atoms with E-state index in [-0.39, 0.29) is 0 Å². The van der Waals surface area contributed by atoms with Gasteiger partial charge in [-0.15, -0.1) is 6.58 Å². The molecular formula is C20H35NS. The summed E-state index contributed by atoms with van der Waals surface area (Å²) in [6.45, 7) is 28.3. The Bertz CT molecular complexity index is 419. The van der Waals surface area contributed by atoms with Crippen molar-refractivity contribution in [3.05, 3.63) is 48.7 Å². The number of hydrogen-bond acceptors (Lipinski definition) is 2. The first kappa shape index (κ1) is 21.1. The van der Waals surface area contributed by atoms with Crippen molar-refractivity contribution in [3.63, 3.8) is 0 Å². The van der Waals surface area contributed by atoms with E-state index in [1.807, 2.05) is 11.8 Å². The van der Waals surface area contributed by atoms with Crippen LogP contribution in [0.3, 0.4) is 0 Å². The van der Waals surface area contributed by atoms with Crippen LogP contribution in [0.15, 0.2) is 48.7 Å². The van der Waals surface area contributed by atoms with Gasteiger partial charge in [-0.3, -0.25) is 0 Å². The quantitative estimate of drug-likeness (QED) is 0.434. The van der Waals surface area contributed by atoms with E-state index < -0.39 is 0 Å². The van der Waals surface area contributed by atoms with Gasteiger partial charge in [-0.2, -0.15) is 11.8 Å². The molecule has 22 heavy (non-hydrogen) atoms. The standard InChI is InChI=1S/C20H35NS/c1-14(2)11-20(16(5)6)22-13-18(8)19(9)21(10)12-17(7)15(3)4/h15,18,20H,1,5,7,9,11-13H2,2-4,6,8,10H3. The molecule has 0 N–H and O–H groups in total. The zero-order chi connectivity index (χ0) is 17.4. The highest BCUT2D eigenvalue weighted by molar-refractivity contribution is 8.00. The summed E-state index contributed by atoms with van der Waals surface area (Å²) in [5.74, 6) is 2.02. The maximum Gasteiger partial charge on any atom is 0.0382 e. The maximum atomic E-state index is 4.28. The lowest BCUT2D eigenvalue weighted by Gasteiger charge is -2.29. The molecule has 2 unspecified atom stereocenters. The lowest BCUT2D eigenvalue weighted by atomic mass is 10.0. The molecule has 2 heteroatoms. The molecule has 1 nitrogen and oxygen atoms in total. The van der Waals surface area contributed by atoms with E-state index in [9.17, 15) is 0 Å². The van der Waals surface area contributed by atoms with Crippen molar-refractivity contribution in [3.8, 4) is 0 Å². The summed E-state index contributed by atoms with van der Waals surface area (Å²) >= 11 is 1.97. The van der Waals surface area contributed by atoms with Crippen LogP contribution >= 0.6 is 11.8 Å². The topological polar surface area (TPSA) is 3.24 Å². The molecule has 126 valence electrons. The molecule has 0 amide bonds. The van der Waals surface area contributed by atoms with Crippen LogP contribution in [0, 0.1) is 11.8 Å². The van der Waals surface area contributed by atoms with Gasteiger partial charge in [0, 0.05) is 36.2 Å². The van der Waals surface area contributed by atoms with Crippen LogP contribution in [0.4, 0.5) is 0 Å². The van der Waals surface area contributed by atoms with Crippen molar-refractivity contribution in [1.29, 1.82) is 0 Å². The van der Waals surface area contributed by atoms with Crippen molar-refractivity contribution in [1.82, 2.24) is 4.90 Å². The first-order valence-electron chi connectivity index (χ1n) is 8.05. The number of rotatable bonds is 11.